The largest absolute Gasteiger partial charge is 0.481 e. The van der Waals surface area contributed by atoms with Crippen molar-refractivity contribution in [1.82, 2.24) is 25.2 Å². The molecule has 158 valence electrons. The molecule has 1 aromatic carbocycles. The van der Waals surface area contributed by atoms with Crippen LogP contribution in [0.5, 0.6) is 0 Å². The lowest BCUT2D eigenvalue weighted by Crippen LogP contribution is -2.38. The summed E-state index contributed by atoms with van der Waals surface area (Å²) in [5.74, 6) is -1.32. The van der Waals surface area contributed by atoms with E-state index in [0.29, 0.717) is 16.3 Å². The predicted octanol–water partition coefficient (Wildman–Crippen LogP) is 2.32. The Morgan fingerprint density at radius 2 is 2.00 bits per heavy atom. The SMILES string of the molecule is Cc1cc(C(=O)NC(CC(=O)O)Cc2cn(CCCN(C)C)nn2)c(C)cc1Cl. The first-order valence-electron chi connectivity index (χ1n) is 9.49. The molecule has 2 rings (SSSR count). The van der Waals surface area contributed by atoms with Crippen LogP contribution in [0, 0.1) is 13.8 Å². The van der Waals surface area contributed by atoms with Crippen LogP contribution in [0.25, 0.3) is 0 Å². The Balaban J connectivity index is 2.06. The summed E-state index contributed by atoms with van der Waals surface area (Å²) < 4.78 is 1.74. The molecule has 1 unspecified atom stereocenters. The van der Waals surface area contributed by atoms with E-state index >= 15 is 0 Å². The highest BCUT2D eigenvalue weighted by Gasteiger charge is 2.20. The van der Waals surface area contributed by atoms with Gasteiger partial charge < -0.3 is 15.3 Å². The second-order valence-electron chi connectivity index (χ2n) is 7.52. The van der Waals surface area contributed by atoms with E-state index in [1.54, 1.807) is 29.9 Å². The highest BCUT2D eigenvalue weighted by molar-refractivity contribution is 6.31. The van der Waals surface area contributed by atoms with Crippen molar-refractivity contribution in [3.8, 4) is 0 Å². The van der Waals surface area contributed by atoms with Gasteiger partial charge in [0.05, 0.1) is 12.1 Å². The van der Waals surface area contributed by atoms with Gasteiger partial charge in [-0.15, -0.1) is 5.10 Å². The number of carboxylic acid groups (broad SMARTS) is 1. The van der Waals surface area contributed by atoms with Crippen LogP contribution in [0.2, 0.25) is 5.02 Å². The molecule has 2 N–H and O–H groups in total. The van der Waals surface area contributed by atoms with Gasteiger partial charge in [-0.3, -0.25) is 14.3 Å². The standard InChI is InChI=1S/C20H28ClN5O3/c1-13-9-18(21)14(2)8-17(13)20(29)22-15(11-19(27)28)10-16-12-26(24-23-16)7-5-6-25(3)4/h8-9,12,15H,5-7,10-11H2,1-4H3,(H,22,29)(H,27,28). The summed E-state index contributed by atoms with van der Waals surface area (Å²) in [6, 6.07) is 2.85. The van der Waals surface area contributed by atoms with Gasteiger partial charge in [0.1, 0.15) is 0 Å². The molecule has 8 nitrogen and oxygen atoms in total. The molecule has 0 aliphatic carbocycles. The first kappa shape index (κ1) is 22.8. The van der Waals surface area contributed by atoms with Gasteiger partial charge in [-0.2, -0.15) is 0 Å². The number of hydrogen-bond donors (Lipinski definition) is 2. The number of carbonyl (C=O) groups is 2. The molecule has 0 aliphatic rings. The lowest BCUT2D eigenvalue weighted by Gasteiger charge is -2.17. The molecule has 2 aromatic rings. The van der Waals surface area contributed by atoms with E-state index < -0.39 is 12.0 Å². The number of nitrogens with one attached hydrogen (secondary N) is 1. The van der Waals surface area contributed by atoms with E-state index in [1.165, 1.54) is 0 Å². The van der Waals surface area contributed by atoms with Gasteiger partial charge in [0.15, 0.2) is 0 Å². The van der Waals surface area contributed by atoms with Crippen LogP contribution in [-0.4, -0.2) is 63.6 Å². The summed E-state index contributed by atoms with van der Waals surface area (Å²) in [6.45, 7) is 5.28. The molecule has 1 heterocycles. The first-order chi connectivity index (χ1) is 13.7. The van der Waals surface area contributed by atoms with Crippen molar-refractivity contribution in [3.05, 3.63) is 45.7 Å². The maximum atomic E-state index is 12.7. The maximum Gasteiger partial charge on any atom is 0.305 e. The van der Waals surface area contributed by atoms with Crippen molar-refractivity contribution >= 4 is 23.5 Å². The Bertz CT molecular complexity index is 866. The van der Waals surface area contributed by atoms with E-state index in [1.807, 2.05) is 21.0 Å². The fourth-order valence-electron chi connectivity index (χ4n) is 3.02. The van der Waals surface area contributed by atoms with Crippen molar-refractivity contribution in [2.75, 3.05) is 20.6 Å². The Morgan fingerprint density at radius 1 is 1.28 bits per heavy atom. The maximum absolute atomic E-state index is 12.7. The third-order valence-electron chi connectivity index (χ3n) is 4.54. The zero-order valence-electron chi connectivity index (χ0n) is 17.3. The summed E-state index contributed by atoms with van der Waals surface area (Å²) in [5, 5.41) is 20.9. The van der Waals surface area contributed by atoms with Crippen molar-refractivity contribution < 1.29 is 14.7 Å². The minimum Gasteiger partial charge on any atom is -0.481 e. The molecule has 9 heteroatoms. The molecule has 0 fully saturated rings. The van der Waals surface area contributed by atoms with E-state index in [9.17, 15) is 14.7 Å². The summed E-state index contributed by atoms with van der Waals surface area (Å²) in [7, 11) is 4.02. The number of rotatable bonds is 10. The number of aliphatic carboxylic acids is 1. The van der Waals surface area contributed by atoms with E-state index in [2.05, 4.69) is 20.5 Å². The van der Waals surface area contributed by atoms with Crippen LogP contribution >= 0.6 is 11.6 Å². The number of benzene rings is 1. The minimum absolute atomic E-state index is 0.204. The van der Waals surface area contributed by atoms with Crippen molar-refractivity contribution in [2.45, 2.75) is 45.7 Å². The number of aryl methyl sites for hydroxylation is 3. The molecule has 0 saturated heterocycles. The van der Waals surface area contributed by atoms with Crippen LogP contribution in [0.4, 0.5) is 0 Å². The molecule has 1 aromatic heterocycles. The van der Waals surface area contributed by atoms with Gasteiger partial charge >= 0.3 is 5.97 Å². The number of carboxylic acids is 1. The molecule has 0 saturated carbocycles. The number of nitrogens with zero attached hydrogens (tertiary/aromatic N) is 4. The van der Waals surface area contributed by atoms with Crippen molar-refractivity contribution in [3.63, 3.8) is 0 Å². The van der Waals surface area contributed by atoms with Gasteiger partial charge in [0.25, 0.3) is 5.91 Å². The van der Waals surface area contributed by atoms with Crippen molar-refractivity contribution in [2.24, 2.45) is 0 Å². The zero-order valence-corrected chi connectivity index (χ0v) is 18.0. The molecule has 0 aliphatic heterocycles. The van der Waals surface area contributed by atoms with E-state index in [4.69, 9.17) is 11.6 Å². The van der Waals surface area contributed by atoms with E-state index in [0.717, 1.165) is 30.6 Å². The molecule has 0 bridgehead atoms. The zero-order chi connectivity index (χ0) is 21.6. The minimum atomic E-state index is -0.988. The Hall–Kier alpha value is -2.45. The highest BCUT2D eigenvalue weighted by Crippen LogP contribution is 2.20. The predicted molar refractivity (Wildman–Crippen MR) is 111 cm³/mol. The van der Waals surface area contributed by atoms with Crippen LogP contribution in [0.1, 0.15) is 40.0 Å². The second kappa shape index (κ2) is 10.4. The number of amides is 1. The van der Waals surface area contributed by atoms with Gasteiger partial charge in [-0.05, 0) is 64.2 Å². The molecule has 29 heavy (non-hydrogen) atoms. The van der Waals surface area contributed by atoms with Gasteiger partial charge in [0, 0.05) is 35.8 Å². The van der Waals surface area contributed by atoms with Gasteiger partial charge in [0.2, 0.25) is 0 Å². The summed E-state index contributed by atoms with van der Waals surface area (Å²) >= 11 is 6.10. The summed E-state index contributed by atoms with van der Waals surface area (Å²) in [6.07, 6.45) is 2.82. The molecule has 1 atom stereocenters. The fraction of sp³-hybridized carbons (Fsp3) is 0.500. The monoisotopic (exact) mass is 421 g/mol. The molecule has 0 spiro atoms. The Morgan fingerprint density at radius 3 is 2.66 bits per heavy atom. The second-order valence-corrected chi connectivity index (χ2v) is 7.93. The molecular formula is C20H28ClN5O3. The fourth-order valence-corrected chi connectivity index (χ4v) is 3.23. The van der Waals surface area contributed by atoms with Crippen LogP contribution < -0.4 is 5.32 Å². The van der Waals surface area contributed by atoms with Crippen LogP contribution in [0.3, 0.4) is 0 Å². The Kier molecular flexibility index (Phi) is 8.16. The smallest absolute Gasteiger partial charge is 0.305 e. The molecular weight excluding hydrogens is 394 g/mol. The van der Waals surface area contributed by atoms with Gasteiger partial charge in [-0.25, -0.2) is 0 Å². The number of carbonyl (C=O) groups excluding carboxylic acids is 1. The van der Waals surface area contributed by atoms with Crippen LogP contribution in [-0.2, 0) is 17.8 Å². The summed E-state index contributed by atoms with van der Waals surface area (Å²) in [5.41, 5.74) is 2.65. The molecule has 0 radical (unpaired) electrons. The molecule has 1 amide bonds. The topological polar surface area (TPSA) is 100 Å². The average molecular weight is 422 g/mol. The van der Waals surface area contributed by atoms with Gasteiger partial charge in [-0.1, -0.05) is 16.8 Å². The third-order valence-corrected chi connectivity index (χ3v) is 4.95. The van der Waals surface area contributed by atoms with Crippen molar-refractivity contribution in [1.29, 1.82) is 0 Å². The van der Waals surface area contributed by atoms with E-state index in [-0.39, 0.29) is 18.7 Å². The lowest BCUT2D eigenvalue weighted by molar-refractivity contribution is -0.137. The number of hydrogen-bond acceptors (Lipinski definition) is 5. The number of aromatic nitrogens is 3. The van der Waals surface area contributed by atoms with Crippen LogP contribution in [0.15, 0.2) is 18.3 Å². The Labute approximate surface area is 175 Å². The normalized spacial score (nSPS) is 12.2. The number of halogens is 1. The highest BCUT2D eigenvalue weighted by atomic mass is 35.5. The quantitative estimate of drug-likeness (QED) is 0.610. The average Bonchev–Trinajstić information content (AvgIpc) is 3.04. The first-order valence-corrected chi connectivity index (χ1v) is 9.86. The lowest BCUT2D eigenvalue weighted by atomic mass is 10.0. The summed E-state index contributed by atoms with van der Waals surface area (Å²) in [4.78, 5) is 26.1. The third kappa shape index (κ3) is 7.14.